The Hall–Kier alpha value is -1.34. The maximum absolute atomic E-state index is 11.7. The molecule has 112 valence electrons. The molecule has 1 N–H and O–H groups in total. The summed E-state index contributed by atoms with van der Waals surface area (Å²) in [5.74, 6) is 0.317. The molecule has 7 heteroatoms. The molecular weight excluding hydrogens is 282 g/mol. The second-order valence-electron chi connectivity index (χ2n) is 4.88. The Kier molecular flexibility index (Phi) is 5.19. The number of nitrogens with one attached hydrogen (secondary N) is 1. The van der Waals surface area contributed by atoms with E-state index in [0.717, 1.165) is 5.76 Å². The van der Waals surface area contributed by atoms with Gasteiger partial charge in [0.25, 0.3) is 0 Å². The van der Waals surface area contributed by atoms with E-state index in [0.29, 0.717) is 32.6 Å². The van der Waals surface area contributed by atoms with Crippen LogP contribution in [0.25, 0.3) is 0 Å². The molecule has 20 heavy (non-hydrogen) atoms. The van der Waals surface area contributed by atoms with Gasteiger partial charge in [0.15, 0.2) is 9.84 Å². The van der Waals surface area contributed by atoms with Gasteiger partial charge in [-0.25, -0.2) is 8.42 Å². The third-order valence-electron chi connectivity index (χ3n) is 3.19. The first-order valence-electron chi connectivity index (χ1n) is 6.65. The molecule has 1 amide bonds. The predicted octanol–water partition coefficient (Wildman–Crippen LogP) is 0.737. The van der Waals surface area contributed by atoms with Gasteiger partial charge in [-0.3, -0.25) is 4.79 Å². The summed E-state index contributed by atoms with van der Waals surface area (Å²) in [5.41, 5.74) is 0. The van der Waals surface area contributed by atoms with E-state index in [4.69, 9.17) is 9.15 Å². The Balaban J connectivity index is 1.54. The molecule has 1 saturated heterocycles. The summed E-state index contributed by atoms with van der Waals surface area (Å²) in [5, 5.41) is 2.75. The molecule has 0 aliphatic carbocycles. The van der Waals surface area contributed by atoms with E-state index in [-0.39, 0.29) is 23.3 Å². The monoisotopic (exact) mass is 301 g/mol. The van der Waals surface area contributed by atoms with Crippen molar-refractivity contribution in [2.75, 3.05) is 24.7 Å². The van der Waals surface area contributed by atoms with Gasteiger partial charge in [-0.05, 0) is 25.0 Å². The first-order valence-corrected chi connectivity index (χ1v) is 8.47. The van der Waals surface area contributed by atoms with Crippen molar-refractivity contribution in [1.82, 2.24) is 5.32 Å². The van der Waals surface area contributed by atoms with Crippen molar-refractivity contribution in [3.05, 3.63) is 24.2 Å². The molecule has 1 aliphatic heterocycles. The minimum Gasteiger partial charge on any atom is -0.467 e. The van der Waals surface area contributed by atoms with Crippen LogP contribution in [0.15, 0.2) is 22.8 Å². The number of amides is 1. The summed E-state index contributed by atoms with van der Waals surface area (Å²) < 4.78 is 33.0. The van der Waals surface area contributed by atoms with Crippen LogP contribution in [0.5, 0.6) is 0 Å². The Labute approximate surface area is 118 Å². The lowest BCUT2D eigenvalue weighted by atomic mass is 10.1. The van der Waals surface area contributed by atoms with E-state index in [1.54, 1.807) is 12.3 Å². The van der Waals surface area contributed by atoms with E-state index < -0.39 is 9.84 Å². The van der Waals surface area contributed by atoms with Crippen molar-refractivity contribution in [3.63, 3.8) is 0 Å². The Bertz CT molecular complexity index is 523. The average Bonchev–Trinajstić information content (AvgIpc) is 3.02. The van der Waals surface area contributed by atoms with Gasteiger partial charge in [0, 0.05) is 13.2 Å². The Morgan fingerprint density at radius 1 is 1.50 bits per heavy atom. The lowest BCUT2D eigenvalue weighted by Crippen LogP contribution is -2.32. The molecule has 1 unspecified atom stereocenters. The molecule has 0 bridgehead atoms. The van der Waals surface area contributed by atoms with Crippen LogP contribution in [0.3, 0.4) is 0 Å². The highest BCUT2D eigenvalue weighted by atomic mass is 32.2. The number of rotatable bonds is 7. The molecule has 1 aromatic heterocycles. The summed E-state index contributed by atoms with van der Waals surface area (Å²) in [6.07, 6.45) is 2.71. The van der Waals surface area contributed by atoms with Crippen LogP contribution in [0, 0.1) is 5.92 Å². The summed E-state index contributed by atoms with van der Waals surface area (Å²) in [4.78, 5) is 11.7. The van der Waals surface area contributed by atoms with E-state index in [9.17, 15) is 13.2 Å². The van der Waals surface area contributed by atoms with Gasteiger partial charge >= 0.3 is 0 Å². The van der Waals surface area contributed by atoms with Crippen LogP contribution < -0.4 is 5.32 Å². The number of furan rings is 1. The molecule has 1 fully saturated rings. The van der Waals surface area contributed by atoms with Gasteiger partial charge in [0.05, 0.1) is 23.7 Å². The lowest BCUT2D eigenvalue weighted by Gasteiger charge is -2.09. The zero-order chi connectivity index (χ0) is 14.4. The van der Waals surface area contributed by atoms with Gasteiger partial charge in [-0.15, -0.1) is 0 Å². The summed E-state index contributed by atoms with van der Waals surface area (Å²) in [6.45, 7) is 1.43. The molecular formula is C13H19NO5S. The van der Waals surface area contributed by atoms with Crippen LogP contribution in [0.2, 0.25) is 0 Å². The van der Waals surface area contributed by atoms with Crippen molar-refractivity contribution < 1.29 is 22.4 Å². The number of hydrogen-bond donors (Lipinski definition) is 1. The van der Waals surface area contributed by atoms with Gasteiger partial charge in [-0.2, -0.15) is 0 Å². The molecule has 6 nitrogen and oxygen atoms in total. The number of carbonyl (C=O) groups excluding carboxylic acids is 1. The van der Waals surface area contributed by atoms with Gasteiger partial charge < -0.3 is 14.5 Å². The average molecular weight is 301 g/mol. The molecule has 0 spiro atoms. The second-order valence-corrected chi connectivity index (χ2v) is 7.11. The normalized spacial score (nSPS) is 20.9. The number of carbonyl (C=O) groups is 1. The molecule has 1 aromatic rings. The molecule has 1 atom stereocenters. The summed E-state index contributed by atoms with van der Waals surface area (Å²) in [7, 11) is -3.00. The smallest absolute Gasteiger partial charge is 0.224 e. The fourth-order valence-corrected chi connectivity index (χ4v) is 3.84. The van der Waals surface area contributed by atoms with Crippen LogP contribution >= 0.6 is 0 Å². The molecule has 0 aromatic carbocycles. The first-order chi connectivity index (χ1) is 9.57. The fourth-order valence-electron chi connectivity index (χ4n) is 2.10. The SMILES string of the molecule is O=C(NCCCOCc1ccco1)C1CCS(=O)(=O)C1. The lowest BCUT2D eigenvalue weighted by molar-refractivity contribution is -0.124. The quantitative estimate of drug-likeness (QED) is 0.751. The topological polar surface area (TPSA) is 85.6 Å². The maximum atomic E-state index is 11.7. The van der Waals surface area contributed by atoms with Crippen molar-refractivity contribution in [2.45, 2.75) is 19.4 Å². The standard InChI is InChI=1S/C13H19NO5S/c15-13(11-4-8-20(16,17)10-11)14-5-2-6-18-9-12-3-1-7-19-12/h1,3,7,11H,2,4-6,8-10H2,(H,14,15). The Morgan fingerprint density at radius 2 is 2.35 bits per heavy atom. The molecule has 0 radical (unpaired) electrons. The molecule has 1 aliphatic rings. The third kappa shape index (κ3) is 4.64. The minimum atomic E-state index is -3.00. The number of hydrogen-bond acceptors (Lipinski definition) is 5. The number of sulfone groups is 1. The molecule has 0 saturated carbocycles. The fraction of sp³-hybridized carbons (Fsp3) is 0.615. The van der Waals surface area contributed by atoms with E-state index >= 15 is 0 Å². The van der Waals surface area contributed by atoms with E-state index in [1.807, 2.05) is 6.07 Å². The zero-order valence-electron chi connectivity index (χ0n) is 11.2. The first kappa shape index (κ1) is 15.1. The van der Waals surface area contributed by atoms with E-state index in [1.165, 1.54) is 0 Å². The van der Waals surface area contributed by atoms with E-state index in [2.05, 4.69) is 5.32 Å². The van der Waals surface area contributed by atoms with Crippen LogP contribution in [-0.2, 0) is 26.0 Å². The minimum absolute atomic E-state index is 0.0200. The van der Waals surface area contributed by atoms with Crippen molar-refractivity contribution in [3.8, 4) is 0 Å². The maximum Gasteiger partial charge on any atom is 0.224 e. The third-order valence-corrected chi connectivity index (χ3v) is 4.96. The van der Waals surface area contributed by atoms with Crippen molar-refractivity contribution in [1.29, 1.82) is 0 Å². The second kappa shape index (κ2) is 6.90. The van der Waals surface area contributed by atoms with Crippen molar-refractivity contribution in [2.24, 2.45) is 5.92 Å². The molecule has 2 rings (SSSR count). The van der Waals surface area contributed by atoms with Gasteiger partial charge in [0.2, 0.25) is 5.91 Å². The Morgan fingerprint density at radius 3 is 3.00 bits per heavy atom. The zero-order valence-corrected chi connectivity index (χ0v) is 12.0. The highest BCUT2D eigenvalue weighted by Gasteiger charge is 2.32. The highest BCUT2D eigenvalue weighted by Crippen LogP contribution is 2.18. The van der Waals surface area contributed by atoms with Crippen LogP contribution in [0.4, 0.5) is 0 Å². The molecule has 2 heterocycles. The predicted molar refractivity (Wildman–Crippen MR) is 72.8 cm³/mol. The van der Waals surface area contributed by atoms with Gasteiger partial charge in [0.1, 0.15) is 12.4 Å². The highest BCUT2D eigenvalue weighted by molar-refractivity contribution is 7.91. The largest absolute Gasteiger partial charge is 0.467 e. The van der Waals surface area contributed by atoms with Gasteiger partial charge in [-0.1, -0.05) is 0 Å². The van der Waals surface area contributed by atoms with Crippen LogP contribution in [0.1, 0.15) is 18.6 Å². The summed E-state index contributed by atoms with van der Waals surface area (Å²) in [6, 6.07) is 3.64. The summed E-state index contributed by atoms with van der Waals surface area (Å²) >= 11 is 0. The van der Waals surface area contributed by atoms with Crippen molar-refractivity contribution >= 4 is 15.7 Å². The van der Waals surface area contributed by atoms with Crippen LogP contribution in [-0.4, -0.2) is 39.0 Å². The number of ether oxygens (including phenoxy) is 1.